The number of carbonyl (C=O) groups is 3. The molecule has 76 valence electrons. The van der Waals surface area contributed by atoms with Crippen LogP contribution in [0.1, 0.15) is 26.5 Å². The van der Waals surface area contributed by atoms with Gasteiger partial charge in [0, 0.05) is 0 Å². The number of hydrogen-bond donors (Lipinski definition) is 0. The van der Waals surface area contributed by atoms with Crippen LogP contribution in [-0.4, -0.2) is 17.9 Å². The molecule has 1 heterocycles. The molecule has 0 bridgehead atoms. The molecule has 0 unspecified atom stereocenters. The van der Waals surface area contributed by atoms with Gasteiger partial charge >= 0.3 is 0 Å². The molecule has 2 rings (SSSR count). The number of fused-ring (bicyclic) bond motifs is 1. The van der Waals surface area contributed by atoms with E-state index in [0.717, 1.165) is 6.26 Å². The maximum atomic E-state index is 11.5. The minimum atomic E-state index is -0.932. The first-order valence-electron chi connectivity index (χ1n) is 3.79. The van der Waals surface area contributed by atoms with Gasteiger partial charge in [-0.15, -0.1) is 0 Å². The van der Waals surface area contributed by atoms with Crippen LogP contribution in [0.4, 0.5) is 0 Å². The number of allylic oxidation sites excluding steroid dienone is 1. The lowest BCUT2D eigenvalue weighted by Crippen LogP contribution is -2.20. The predicted octanol–water partition coefficient (Wildman–Crippen LogP) is 2.00. The van der Waals surface area contributed by atoms with Crippen molar-refractivity contribution in [2.75, 3.05) is 0 Å². The molecule has 15 heavy (non-hydrogen) atoms. The van der Waals surface area contributed by atoms with E-state index >= 15 is 0 Å². The van der Waals surface area contributed by atoms with E-state index < -0.39 is 11.6 Å². The van der Waals surface area contributed by atoms with E-state index in [1.807, 2.05) is 0 Å². The highest BCUT2D eigenvalue weighted by molar-refractivity contribution is 6.70. The summed E-state index contributed by atoms with van der Waals surface area (Å²) in [5.41, 5.74) is -0.130. The number of carbonyl (C=O) groups excluding carboxylic acids is 3. The van der Waals surface area contributed by atoms with Gasteiger partial charge in [0.1, 0.15) is 16.3 Å². The van der Waals surface area contributed by atoms with Gasteiger partial charge in [0.2, 0.25) is 11.6 Å². The van der Waals surface area contributed by atoms with Gasteiger partial charge in [0.05, 0.1) is 11.1 Å². The lowest BCUT2D eigenvalue weighted by molar-refractivity contribution is -0.111. The number of aldehydes is 1. The zero-order chi connectivity index (χ0) is 11.2. The summed E-state index contributed by atoms with van der Waals surface area (Å²) in [5, 5.41) is -0.537. The first-order chi connectivity index (χ1) is 7.07. The third-order valence-corrected chi connectivity index (χ3v) is 2.79. The molecule has 0 saturated carbocycles. The average Bonchev–Trinajstić information content (AvgIpc) is 2.67. The van der Waals surface area contributed by atoms with Crippen molar-refractivity contribution >= 4 is 46.1 Å². The fraction of sp³-hybridized carbons (Fsp3) is 0. The van der Waals surface area contributed by atoms with Gasteiger partial charge in [-0.3, -0.25) is 14.4 Å². The average molecular weight is 245 g/mol. The molecular weight excluding hydrogens is 243 g/mol. The Morgan fingerprint density at radius 2 is 1.80 bits per heavy atom. The molecule has 0 amide bonds. The molecule has 0 aliphatic heterocycles. The van der Waals surface area contributed by atoms with E-state index in [4.69, 9.17) is 27.6 Å². The minimum absolute atomic E-state index is 0.00864. The minimum Gasteiger partial charge on any atom is -0.462 e. The molecule has 0 radical (unpaired) electrons. The van der Waals surface area contributed by atoms with Gasteiger partial charge in [0.15, 0.2) is 12.0 Å². The molecule has 1 aromatic rings. The Balaban J connectivity index is 2.80. The van der Waals surface area contributed by atoms with E-state index in [2.05, 4.69) is 0 Å². The van der Waals surface area contributed by atoms with Gasteiger partial charge in [-0.05, 0) is 0 Å². The number of hydrogen-bond acceptors (Lipinski definition) is 4. The number of rotatable bonds is 1. The van der Waals surface area contributed by atoms with Crippen molar-refractivity contribution in [1.29, 1.82) is 0 Å². The molecule has 1 aliphatic carbocycles. The first kappa shape index (κ1) is 10.1. The zero-order valence-corrected chi connectivity index (χ0v) is 8.56. The van der Waals surface area contributed by atoms with E-state index in [1.165, 1.54) is 0 Å². The van der Waals surface area contributed by atoms with Crippen LogP contribution in [-0.2, 0) is 4.79 Å². The number of furan rings is 1. The van der Waals surface area contributed by atoms with Gasteiger partial charge in [0.25, 0.3) is 0 Å². The maximum Gasteiger partial charge on any atom is 0.246 e. The fourth-order valence-electron chi connectivity index (χ4n) is 1.27. The Bertz CT molecular complexity index is 524. The van der Waals surface area contributed by atoms with Crippen LogP contribution in [0, 0.1) is 0 Å². The Hall–Kier alpha value is -1.39. The molecule has 1 aromatic heterocycles. The molecule has 0 N–H and O–H groups in total. The molecule has 4 nitrogen and oxygen atoms in total. The highest BCUT2D eigenvalue weighted by Gasteiger charge is 2.36. The zero-order valence-electron chi connectivity index (χ0n) is 7.04. The van der Waals surface area contributed by atoms with Gasteiger partial charge in [-0.2, -0.15) is 0 Å². The number of ketones is 2. The Morgan fingerprint density at radius 3 is 2.40 bits per heavy atom. The van der Waals surface area contributed by atoms with Crippen LogP contribution < -0.4 is 0 Å². The fourth-order valence-corrected chi connectivity index (χ4v) is 1.66. The summed E-state index contributed by atoms with van der Waals surface area (Å²) in [5.74, 6) is -1.85. The van der Waals surface area contributed by atoms with Crippen LogP contribution in [0.5, 0.6) is 0 Å². The molecule has 0 spiro atoms. The van der Waals surface area contributed by atoms with Crippen molar-refractivity contribution in [2.45, 2.75) is 0 Å². The molecular formula is C9H2Cl2O4. The second kappa shape index (κ2) is 3.32. The number of halogens is 2. The molecule has 0 atom stereocenters. The van der Waals surface area contributed by atoms with Crippen LogP contribution in [0.3, 0.4) is 0 Å². The van der Waals surface area contributed by atoms with E-state index in [1.54, 1.807) is 0 Å². The van der Waals surface area contributed by atoms with Crippen molar-refractivity contribution in [1.82, 2.24) is 0 Å². The molecule has 0 saturated heterocycles. The van der Waals surface area contributed by atoms with Crippen molar-refractivity contribution in [3.8, 4) is 0 Å². The number of Topliss-reactive ketones (excluding diaryl/α,β-unsaturated/α-hetero) is 2. The van der Waals surface area contributed by atoms with Gasteiger partial charge in [-0.1, -0.05) is 23.2 Å². The van der Waals surface area contributed by atoms with Gasteiger partial charge < -0.3 is 4.42 Å². The van der Waals surface area contributed by atoms with Crippen LogP contribution >= 0.6 is 23.2 Å². The predicted molar refractivity (Wildman–Crippen MR) is 52.1 cm³/mol. The summed E-state index contributed by atoms with van der Waals surface area (Å²) in [7, 11) is 0. The van der Waals surface area contributed by atoms with E-state index in [-0.39, 0.29) is 27.0 Å². The monoisotopic (exact) mass is 244 g/mol. The standard InChI is InChI=1S/C9H2Cl2O4/c10-5-6(11)9-4(7(13)8(5)14)3(1-12)2-15-9/h1-2H. The van der Waals surface area contributed by atoms with Crippen LogP contribution in [0.2, 0.25) is 0 Å². The third kappa shape index (κ3) is 1.26. The quantitative estimate of drug-likeness (QED) is 0.560. The molecule has 0 fully saturated rings. The SMILES string of the molecule is O=Cc1coc2c1C(=O)C(=O)C(Cl)=C2Cl. The summed E-state index contributed by atoms with van der Waals surface area (Å²) in [6.07, 6.45) is 1.47. The second-order valence-electron chi connectivity index (χ2n) is 2.80. The summed E-state index contributed by atoms with van der Waals surface area (Å²) in [6.45, 7) is 0. The summed E-state index contributed by atoms with van der Waals surface area (Å²) in [6, 6.07) is 0. The van der Waals surface area contributed by atoms with Crippen LogP contribution in [0.25, 0.3) is 5.03 Å². The van der Waals surface area contributed by atoms with E-state index in [9.17, 15) is 14.4 Å². The van der Waals surface area contributed by atoms with Crippen molar-refractivity contribution in [3.63, 3.8) is 0 Å². The maximum absolute atomic E-state index is 11.5. The van der Waals surface area contributed by atoms with Gasteiger partial charge in [-0.25, -0.2) is 0 Å². The summed E-state index contributed by atoms with van der Waals surface area (Å²) < 4.78 is 4.90. The van der Waals surface area contributed by atoms with Crippen molar-refractivity contribution in [3.05, 3.63) is 28.2 Å². The largest absolute Gasteiger partial charge is 0.462 e. The normalized spacial score (nSPS) is 15.6. The third-order valence-electron chi connectivity index (χ3n) is 1.97. The van der Waals surface area contributed by atoms with E-state index in [0.29, 0.717) is 6.29 Å². The summed E-state index contributed by atoms with van der Waals surface area (Å²) >= 11 is 11.2. The molecule has 0 aromatic carbocycles. The Labute approximate surface area is 93.4 Å². The topological polar surface area (TPSA) is 64.3 Å². The van der Waals surface area contributed by atoms with Crippen molar-refractivity contribution < 1.29 is 18.8 Å². The highest BCUT2D eigenvalue weighted by atomic mass is 35.5. The lowest BCUT2D eigenvalue weighted by atomic mass is 9.98. The first-order valence-corrected chi connectivity index (χ1v) is 4.55. The van der Waals surface area contributed by atoms with Crippen molar-refractivity contribution in [2.24, 2.45) is 0 Å². The molecule has 6 heteroatoms. The second-order valence-corrected chi connectivity index (χ2v) is 3.56. The smallest absolute Gasteiger partial charge is 0.246 e. The van der Waals surface area contributed by atoms with Crippen LogP contribution in [0.15, 0.2) is 15.7 Å². The summed E-state index contributed by atoms with van der Waals surface area (Å²) in [4.78, 5) is 33.3. The highest BCUT2D eigenvalue weighted by Crippen LogP contribution is 2.36. The Kier molecular flexibility index (Phi) is 2.25. The molecule has 1 aliphatic rings. The Morgan fingerprint density at radius 1 is 1.13 bits per heavy atom. The lowest BCUT2D eigenvalue weighted by Gasteiger charge is -2.08.